The molecule has 0 heterocycles. The summed E-state index contributed by atoms with van der Waals surface area (Å²) in [6.45, 7) is 101. The zero-order chi connectivity index (χ0) is 92.3. The molecule has 0 unspecified atom stereocenters. The standard InChI is InChI=1S/C34H38O3Si4.C26H34O3Si4.C24H34O3Si4.C14H24O2Si3/c1-7-39(8-2,31-23-15-11-16-24-31)35-38(5,6)36-41(33-27-19-13-20-28-33,34-29-21-14-22-30-34)37-40(9-3,10-4)32-25-17-12-18-26-32;1-9-31(10-2,11-3)27-30(7,8)28-33(25-21-17-15-18-22-25,26-23-19-16-20-24-26)29-32(12-4,13-5)14-6;1-9-29(7,10-2)25-28(5,6)26-31(23-19-15-13-16-20-23,24-21-17-14-18-22-24)27-30(8,11-3)12-4;1-9-18(10-2,11-3)15-17(7,8)16-19(12-4,13-5)14-6/h7-30H,1-4H2,5-6H3;9-24H,1-6H2,7-8H3;9-22H,1-4H2,5-8H3;9-14H,1-6H2,7-8H3. The Hall–Kier alpha value is -8.63. The van der Waals surface area contributed by atoms with Crippen molar-refractivity contribution in [2.75, 3.05) is 0 Å². The Labute approximate surface area is 760 Å². The Bertz CT molecular complexity index is 4690. The lowest BCUT2D eigenvalue weighted by atomic mass is 10.4. The quantitative estimate of drug-likeness (QED) is 0.0341. The van der Waals surface area contributed by atoms with Gasteiger partial charge in [0.1, 0.15) is 0 Å². The van der Waals surface area contributed by atoms with Crippen molar-refractivity contribution in [1.82, 2.24) is 0 Å². The van der Waals surface area contributed by atoms with Crippen LogP contribution in [-0.2, 0) is 45.3 Å². The van der Waals surface area contributed by atoms with E-state index in [9.17, 15) is 0 Å². The average molecular weight is 1910 g/mol. The largest absolute Gasteiger partial charge is 0.430 e. The molecule has 0 N–H and O–H groups in total. The summed E-state index contributed by atoms with van der Waals surface area (Å²) < 4.78 is 76.3. The number of hydrogen-bond acceptors (Lipinski definition) is 11. The van der Waals surface area contributed by atoms with Crippen molar-refractivity contribution >= 4 is 168 Å². The molecule has 648 valence electrons. The van der Waals surface area contributed by atoms with Crippen LogP contribution in [0.5, 0.6) is 0 Å². The van der Waals surface area contributed by atoms with Crippen molar-refractivity contribution in [3.63, 3.8) is 0 Å². The maximum absolute atomic E-state index is 7.54. The highest BCUT2D eigenvalue weighted by Gasteiger charge is 2.57. The first kappa shape index (κ1) is 106. The van der Waals surface area contributed by atoms with Crippen LogP contribution in [0.25, 0.3) is 0 Å². The Morgan fingerprint density at radius 2 is 0.315 bits per heavy atom. The normalized spacial score (nSPS) is 12.5. The van der Waals surface area contributed by atoms with Crippen LogP contribution in [0.2, 0.25) is 65.5 Å². The van der Waals surface area contributed by atoms with Crippen molar-refractivity contribution in [2.45, 2.75) is 65.5 Å². The lowest BCUT2D eigenvalue weighted by Gasteiger charge is -2.44. The first-order chi connectivity index (χ1) is 58.8. The topological polar surface area (TPSA) is 102 Å². The van der Waals surface area contributed by atoms with Crippen LogP contribution in [0, 0.1) is 0 Å². The fraction of sp³-hybridized carbons (Fsp3) is 0.102. The van der Waals surface area contributed by atoms with E-state index in [2.05, 4.69) is 268 Å². The lowest BCUT2D eigenvalue weighted by Crippen LogP contribution is -2.73. The van der Waals surface area contributed by atoms with Gasteiger partial charge in [-0.05, 0) is 107 Å². The van der Waals surface area contributed by atoms with Crippen molar-refractivity contribution in [3.05, 3.63) is 488 Å². The van der Waals surface area contributed by atoms with Gasteiger partial charge in [-0.15, -0.1) is 132 Å². The second-order valence-corrected chi connectivity index (χ2v) is 82.4. The number of rotatable bonds is 50. The highest BCUT2D eigenvalue weighted by atomic mass is 28.5. The van der Waals surface area contributed by atoms with Gasteiger partial charge in [-0.1, -0.05) is 357 Å². The van der Waals surface area contributed by atoms with Crippen LogP contribution < -0.4 is 41.5 Å². The monoisotopic (exact) mass is 1900 g/mol. The predicted molar refractivity (Wildman–Crippen MR) is 569 cm³/mol. The van der Waals surface area contributed by atoms with E-state index in [1.807, 2.05) is 252 Å². The van der Waals surface area contributed by atoms with Crippen molar-refractivity contribution in [1.29, 1.82) is 0 Å². The molecule has 0 aromatic heterocycles. The van der Waals surface area contributed by atoms with Gasteiger partial charge in [0.05, 0.1) is 0 Å². The van der Waals surface area contributed by atoms with Crippen LogP contribution in [0.15, 0.2) is 488 Å². The molecule has 11 nitrogen and oxygen atoms in total. The maximum atomic E-state index is 7.54. The SMILES string of the molecule is C=C[Si](C)(C=C)O[Si](C)(C)O[Si](O[Si](C)(C=C)C=C)(c1ccccc1)c1ccccc1.C=C[Si](C=C)(C=C)O[Si](C)(C)O[Si](C=C)(C=C)C=C.C=C[Si](C=C)(C=C)O[Si](C)(C)O[Si](O[Si](C=C)(C=C)C=C)(c1ccccc1)c1ccccc1.C=C[Si](C=C)(O[Si](C)(C)O[Si](O[Si](C=C)(C=C)c1ccccc1)(c1ccccc1)c1ccccc1)c1ccccc1. The summed E-state index contributed by atoms with van der Waals surface area (Å²) in [5.74, 6) is 0. The van der Waals surface area contributed by atoms with E-state index < -0.39 is 126 Å². The van der Waals surface area contributed by atoms with Gasteiger partial charge in [-0.3, -0.25) is 0 Å². The number of benzene rings is 8. The molecule has 0 aliphatic rings. The summed E-state index contributed by atoms with van der Waals surface area (Å²) in [7, 11) is -41.4. The van der Waals surface area contributed by atoms with Gasteiger partial charge in [0.25, 0.3) is 49.9 Å². The molecule has 0 aliphatic heterocycles. The predicted octanol–water partition coefficient (Wildman–Crippen LogP) is 19.8. The van der Waals surface area contributed by atoms with E-state index in [1.165, 1.54) is 0 Å². The Morgan fingerprint density at radius 3 is 0.524 bits per heavy atom. The van der Waals surface area contributed by atoms with Crippen LogP contribution in [-0.4, -0.2) is 126 Å². The third-order valence-electron chi connectivity index (χ3n) is 20.3. The van der Waals surface area contributed by atoms with E-state index in [-0.39, 0.29) is 0 Å². The molecule has 0 fully saturated rings. The zero-order valence-electron chi connectivity index (χ0n) is 74.8. The van der Waals surface area contributed by atoms with Crippen LogP contribution in [0.1, 0.15) is 0 Å². The Kier molecular flexibility index (Phi) is 40.4. The molecule has 0 saturated carbocycles. The van der Waals surface area contributed by atoms with Gasteiger partial charge in [0, 0.05) is 0 Å². The molecule has 8 aromatic carbocycles. The summed E-state index contributed by atoms with van der Waals surface area (Å²) in [6, 6.07) is 81.6. The minimum Gasteiger partial charge on any atom is -0.430 e. The van der Waals surface area contributed by atoms with Gasteiger partial charge in [0.2, 0.25) is 16.6 Å². The van der Waals surface area contributed by atoms with Crippen molar-refractivity contribution in [2.24, 2.45) is 0 Å². The zero-order valence-corrected chi connectivity index (χ0v) is 89.8. The fourth-order valence-corrected chi connectivity index (χ4v) is 72.8. The third-order valence-corrected chi connectivity index (χ3v) is 77.2. The maximum Gasteiger partial charge on any atom is 0.388 e. The highest BCUT2D eigenvalue weighted by Crippen LogP contribution is 2.32. The van der Waals surface area contributed by atoms with Gasteiger partial charge in [0.15, 0.2) is 0 Å². The average Bonchev–Trinajstić information content (AvgIpc) is 0.749. The molecule has 124 heavy (non-hydrogen) atoms. The van der Waals surface area contributed by atoms with Gasteiger partial charge >= 0.3 is 59.9 Å². The molecule has 0 radical (unpaired) electrons. The molecule has 0 amide bonds. The van der Waals surface area contributed by atoms with Gasteiger partial charge < -0.3 is 45.3 Å². The third kappa shape index (κ3) is 27.2. The van der Waals surface area contributed by atoms with E-state index in [4.69, 9.17) is 45.3 Å². The van der Waals surface area contributed by atoms with Crippen LogP contribution in [0.3, 0.4) is 0 Å². The molecule has 0 spiro atoms. The molecule has 8 rings (SSSR count). The fourth-order valence-electron chi connectivity index (χ4n) is 13.5. The molecule has 0 saturated heterocycles. The molecular weight excluding hydrogens is 1770 g/mol. The van der Waals surface area contributed by atoms with Crippen LogP contribution >= 0.6 is 0 Å². The summed E-state index contributed by atoms with van der Waals surface area (Å²) in [5, 5.41) is 8.15. The molecule has 0 bridgehead atoms. The van der Waals surface area contributed by atoms with E-state index in [1.54, 1.807) is 34.2 Å². The summed E-state index contributed by atoms with van der Waals surface area (Å²) in [6.07, 6.45) is 0. The molecule has 0 atom stereocenters. The Morgan fingerprint density at radius 1 is 0.153 bits per heavy atom. The smallest absolute Gasteiger partial charge is 0.388 e. The second kappa shape index (κ2) is 47.3. The van der Waals surface area contributed by atoms with Crippen molar-refractivity contribution < 1.29 is 45.3 Å². The molecule has 26 heteroatoms. The summed E-state index contributed by atoms with van der Waals surface area (Å²) in [4.78, 5) is 0. The van der Waals surface area contributed by atoms with Gasteiger partial charge in [-0.25, -0.2) is 0 Å². The molecule has 8 aromatic rings. The summed E-state index contributed by atoms with van der Waals surface area (Å²) >= 11 is 0. The number of hydrogen-bond donors (Lipinski definition) is 0. The van der Waals surface area contributed by atoms with E-state index in [0.717, 1.165) is 41.5 Å². The Balaban J connectivity index is 0.000000303. The highest BCUT2D eigenvalue weighted by molar-refractivity contribution is 7.10. The van der Waals surface area contributed by atoms with E-state index in [0.29, 0.717) is 0 Å². The molecule has 0 aliphatic carbocycles. The first-order valence-electron chi connectivity index (χ1n) is 40.7. The first-order valence-corrected chi connectivity index (χ1v) is 75.2. The van der Waals surface area contributed by atoms with E-state index >= 15 is 0 Å². The van der Waals surface area contributed by atoms with Crippen molar-refractivity contribution in [3.8, 4) is 0 Å². The minimum absolute atomic E-state index is 0.978. The second-order valence-electron chi connectivity index (χ2n) is 31.0. The minimum atomic E-state index is -3.46. The molecular formula is C98H130O11Si15. The summed E-state index contributed by atoms with van der Waals surface area (Å²) in [5.41, 5.74) is 37.0. The van der Waals surface area contributed by atoms with Gasteiger partial charge in [-0.2, -0.15) is 0 Å². The van der Waals surface area contributed by atoms with Crippen LogP contribution in [0.4, 0.5) is 0 Å². The lowest BCUT2D eigenvalue weighted by molar-refractivity contribution is 0.346.